The molecule has 152 valence electrons. The molecule has 1 aliphatic rings. The minimum Gasteiger partial charge on any atom is -0.393 e. The average Bonchev–Trinajstić information content (AvgIpc) is 2.85. The van der Waals surface area contributed by atoms with E-state index in [1.165, 1.54) is 30.0 Å². The van der Waals surface area contributed by atoms with Gasteiger partial charge in [0.1, 0.15) is 5.82 Å². The fourth-order valence-electron chi connectivity index (χ4n) is 3.24. The number of hydrogen-bond acceptors (Lipinski definition) is 4. The number of halogens is 4. The fourth-order valence-corrected chi connectivity index (χ4v) is 4.58. The molecule has 1 fully saturated rings. The average molecular weight is 415 g/mol. The SMILES string of the molecule is OC(Nc1cc(F)c(F)c(F)c1)c1ccc(F)c(SC2CCCC[C@@H](O)C2)c1. The van der Waals surface area contributed by atoms with E-state index in [2.05, 4.69) is 5.32 Å². The topological polar surface area (TPSA) is 52.5 Å². The Labute approximate surface area is 164 Å². The fraction of sp³-hybridized carbons (Fsp3) is 0.400. The van der Waals surface area contributed by atoms with Gasteiger partial charge in [-0.15, -0.1) is 11.8 Å². The molecule has 3 nitrogen and oxygen atoms in total. The molecule has 2 unspecified atom stereocenters. The van der Waals surface area contributed by atoms with Crippen molar-refractivity contribution in [2.24, 2.45) is 0 Å². The van der Waals surface area contributed by atoms with Crippen LogP contribution in [0.15, 0.2) is 35.2 Å². The highest BCUT2D eigenvalue weighted by atomic mass is 32.2. The quantitative estimate of drug-likeness (QED) is 0.274. The molecular weight excluding hydrogens is 394 g/mol. The number of anilines is 1. The molecule has 3 rings (SSSR count). The van der Waals surface area contributed by atoms with E-state index in [1.807, 2.05) is 0 Å². The first-order valence-electron chi connectivity index (χ1n) is 9.07. The van der Waals surface area contributed by atoms with Crippen molar-refractivity contribution in [3.63, 3.8) is 0 Å². The zero-order valence-corrected chi connectivity index (χ0v) is 15.8. The number of aliphatic hydroxyl groups is 2. The summed E-state index contributed by atoms with van der Waals surface area (Å²) in [7, 11) is 0. The van der Waals surface area contributed by atoms with Crippen molar-refractivity contribution in [1.82, 2.24) is 0 Å². The van der Waals surface area contributed by atoms with Crippen LogP contribution >= 0.6 is 11.8 Å². The van der Waals surface area contributed by atoms with Crippen molar-refractivity contribution in [3.8, 4) is 0 Å². The van der Waals surface area contributed by atoms with Crippen LogP contribution in [0.1, 0.15) is 43.9 Å². The molecule has 0 radical (unpaired) electrons. The monoisotopic (exact) mass is 415 g/mol. The van der Waals surface area contributed by atoms with Gasteiger partial charge in [0.2, 0.25) is 0 Å². The number of rotatable bonds is 5. The zero-order chi connectivity index (χ0) is 20.3. The molecule has 0 amide bonds. The molecule has 8 heteroatoms. The summed E-state index contributed by atoms with van der Waals surface area (Å²) in [5.41, 5.74) is 0.150. The molecule has 3 atom stereocenters. The van der Waals surface area contributed by atoms with Gasteiger partial charge in [0.05, 0.1) is 6.10 Å². The van der Waals surface area contributed by atoms with Gasteiger partial charge in [0, 0.05) is 33.5 Å². The van der Waals surface area contributed by atoms with Crippen molar-refractivity contribution >= 4 is 17.4 Å². The van der Waals surface area contributed by atoms with Gasteiger partial charge in [-0.1, -0.05) is 18.9 Å². The van der Waals surface area contributed by atoms with Crippen molar-refractivity contribution in [1.29, 1.82) is 0 Å². The lowest BCUT2D eigenvalue weighted by Gasteiger charge is -2.19. The maximum Gasteiger partial charge on any atom is 0.194 e. The summed E-state index contributed by atoms with van der Waals surface area (Å²) in [5, 5.41) is 22.8. The molecule has 28 heavy (non-hydrogen) atoms. The molecule has 1 aliphatic carbocycles. The molecule has 1 saturated carbocycles. The Kier molecular flexibility index (Phi) is 6.85. The third kappa shape index (κ3) is 5.18. The van der Waals surface area contributed by atoms with Gasteiger partial charge in [-0.25, -0.2) is 17.6 Å². The second kappa shape index (κ2) is 9.15. The normalized spacial score (nSPS) is 21.2. The Balaban J connectivity index is 1.74. The van der Waals surface area contributed by atoms with E-state index in [9.17, 15) is 27.8 Å². The van der Waals surface area contributed by atoms with Crippen LogP contribution in [0.25, 0.3) is 0 Å². The van der Waals surface area contributed by atoms with Crippen molar-refractivity contribution in [2.45, 2.75) is 54.6 Å². The minimum atomic E-state index is -1.59. The van der Waals surface area contributed by atoms with Gasteiger partial charge >= 0.3 is 0 Å². The van der Waals surface area contributed by atoms with E-state index in [1.54, 1.807) is 0 Å². The lowest BCUT2D eigenvalue weighted by molar-refractivity contribution is 0.159. The zero-order valence-electron chi connectivity index (χ0n) is 15.0. The maximum atomic E-state index is 14.2. The third-order valence-electron chi connectivity index (χ3n) is 4.70. The molecule has 3 N–H and O–H groups in total. The molecule has 0 aromatic heterocycles. The van der Waals surface area contributed by atoms with Gasteiger partial charge in [-0.2, -0.15) is 0 Å². The second-order valence-electron chi connectivity index (χ2n) is 6.90. The summed E-state index contributed by atoms with van der Waals surface area (Å²) in [6.45, 7) is 0. The van der Waals surface area contributed by atoms with Crippen molar-refractivity contribution in [2.75, 3.05) is 5.32 Å². The number of aliphatic hydroxyl groups excluding tert-OH is 2. The van der Waals surface area contributed by atoms with E-state index in [-0.39, 0.29) is 10.9 Å². The van der Waals surface area contributed by atoms with E-state index < -0.39 is 35.6 Å². The van der Waals surface area contributed by atoms with Crippen LogP contribution in [0.4, 0.5) is 23.2 Å². The first kappa shape index (κ1) is 21.0. The lowest BCUT2D eigenvalue weighted by Crippen LogP contribution is -2.13. The lowest BCUT2D eigenvalue weighted by atomic mass is 10.1. The standard InChI is InChI=1S/C20H21F4NO2S/c21-15-6-5-11(7-18(15)28-14-4-2-1-3-13(26)10-14)20(27)25-12-8-16(22)19(24)17(23)9-12/h5-9,13-14,20,25-27H,1-4,10H2/t13-,14?,20?/m1/s1. The summed E-state index contributed by atoms with van der Waals surface area (Å²) < 4.78 is 53.9. The second-order valence-corrected chi connectivity index (χ2v) is 8.25. The van der Waals surface area contributed by atoms with Gasteiger partial charge in [0.15, 0.2) is 23.7 Å². The predicted molar refractivity (Wildman–Crippen MR) is 100 cm³/mol. The highest BCUT2D eigenvalue weighted by molar-refractivity contribution is 8.00. The van der Waals surface area contributed by atoms with Gasteiger partial charge in [-0.05, 0) is 31.4 Å². The van der Waals surface area contributed by atoms with Gasteiger partial charge in [0.25, 0.3) is 0 Å². The Bertz CT molecular complexity index is 813. The van der Waals surface area contributed by atoms with Crippen LogP contribution in [0.5, 0.6) is 0 Å². The maximum absolute atomic E-state index is 14.2. The van der Waals surface area contributed by atoms with E-state index >= 15 is 0 Å². The molecule has 0 heterocycles. The smallest absolute Gasteiger partial charge is 0.194 e. The molecule has 0 aliphatic heterocycles. The van der Waals surface area contributed by atoms with Crippen LogP contribution in [-0.4, -0.2) is 21.6 Å². The highest BCUT2D eigenvalue weighted by Gasteiger charge is 2.21. The summed E-state index contributed by atoms with van der Waals surface area (Å²) in [6.07, 6.45) is 2.30. The Morgan fingerprint density at radius 2 is 1.64 bits per heavy atom. The van der Waals surface area contributed by atoms with Crippen LogP contribution in [0.2, 0.25) is 0 Å². The summed E-state index contributed by atoms with van der Waals surface area (Å²) >= 11 is 1.31. The molecule has 0 bridgehead atoms. The van der Waals surface area contributed by atoms with Crippen LogP contribution in [0, 0.1) is 23.3 Å². The van der Waals surface area contributed by atoms with Crippen molar-refractivity contribution in [3.05, 3.63) is 59.2 Å². The minimum absolute atomic E-state index is 0.0626. The number of nitrogens with one attached hydrogen (secondary N) is 1. The summed E-state index contributed by atoms with van der Waals surface area (Å²) in [4.78, 5) is 0.328. The Hall–Kier alpha value is -1.77. The van der Waals surface area contributed by atoms with Crippen molar-refractivity contribution < 1.29 is 27.8 Å². The third-order valence-corrected chi connectivity index (χ3v) is 6.03. The first-order chi connectivity index (χ1) is 13.3. The summed E-state index contributed by atoms with van der Waals surface area (Å²) in [6, 6.07) is 5.49. The molecule has 2 aromatic carbocycles. The van der Waals surface area contributed by atoms with E-state index in [4.69, 9.17) is 0 Å². The van der Waals surface area contributed by atoms with E-state index in [0.29, 0.717) is 16.9 Å². The Morgan fingerprint density at radius 3 is 2.36 bits per heavy atom. The molecule has 0 saturated heterocycles. The summed E-state index contributed by atoms with van der Waals surface area (Å²) in [5.74, 6) is -4.79. The number of thioether (sulfide) groups is 1. The van der Waals surface area contributed by atoms with Gasteiger partial charge in [-0.3, -0.25) is 0 Å². The predicted octanol–water partition coefficient (Wildman–Crippen LogP) is 5.13. The largest absolute Gasteiger partial charge is 0.393 e. The number of hydrogen-bond donors (Lipinski definition) is 3. The highest BCUT2D eigenvalue weighted by Crippen LogP contribution is 2.35. The Morgan fingerprint density at radius 1 is 0.964 bits per heavy atom. The molecule has 0 spiro atoms. The van der Waals surface area contributed by atoms with Crippen LogP contribution in [0.3, 0.4) is 0 Å². The molecular formula is C20H21F4NO2S. The van der Waals surface area contributed by atoms with Gasteiger partial charge < -0.3 is 15.5 Å². The van der Waals surface area contributed by atoms with Crippen LogP contribution < -0.4 is 5.32 Å². The molecule has 2 aromatic rings. The first-order valence-corrected chi connectivity index (χ1v) is 9.94. The van der Waals surface area contributed by atoms with E-state index in [0.717, 1.165) is 37.8 Å². The van der Waals surface area contributed by atoms with Crippen LogP contribution in [-0.2, 0) is 0 Å². The number of benzene rings is 2.